The first-order valence-electron chi connectivity index (χ1n) is 7.98. The third-order valence-electron chi connectivity index (χ3n) is 3.92. The van der Waals surface area contributed by atoms with Crippen LogP contribution in [-0.2, 0) is 10.3 Å². The van der Waals surface area contributed by atoms with Gasteiger partial charge in [0.2, 0.25) is 5.56 Å². The molecule has 0 saturated carbocycles. The lowest BCUT2D eigenvalue weighted by atomic mass is 9.90. The molecule has 3 rings (SSSR count). The number of nitrogens with zero attached hydrogens (tertiary/aromatic N) is 1. The van der Waals surface area contributed by atoms with Crippen LogP contribution in [0.3, 0.4) is 0 Å². The van der Waals surface area contributed by atoms with Crippen molar-refractivity contribution < 1.29 is 27.4 Å². The predicted octanol–water partition coefficient (Wildman–Crippen LogP) is 1.97. The van der Waals surface area contributed by atoms with Gasteiger partial charge in [-0.1, -0.05) is 0 Å². The third-order valence-corrected chi connectivity index (χ3v) is 3.92. The average Bonchev–Trinajstić information content (AvgIpc) is 2.65. The lowest BCUT2D eigenvalue weighted by molar-refractivity contribution is -0.0145. The molecule has 0 aliphatic carbocycles. The van der Waals surface area contributed by atoms with Gasteiger partial charge in [0, 0.05) is 23.5 Å². The molecule has 0 spiro atoms. The van der Waals surface area contributed by atoms with E-state index in [0.29, 0.717) is 0 Å². The Balaban J connectivity index is 1.86. The molecule has 1 aliphatic rings. The van der Waals surface area contributed by atoms with Crippen molar-refractivity contribution >= 4 is 17.6 Å². The van der Waals surface area contributed by atoms with Crippen LogP contribution in [0.1, 0.15) is 5.56 Å². The zero-order chi connectivity index (χ0) is 20.3. The second kappa shape index (κ2) is 7.72. The molecule has 1 aromatic heterocycles. The van der Waals surface area contributed by atoms with Gasteiger partial charge in [-0.2, -0.15) is 0 Å². The van der Waals surface area contributed by atoms with Crippen LogP contribution in [0.2, 0.25) is 0 Å². The van der Waals surface area contributed by atoms with Crippen LogP contribution in [0.5, 0.6) is 5.75 Å². The molecule has 11 heteroatoms. The number of hydrogen-bond acceptors (Lipinski definition) is 6. The highest BCUT2D eigenvalue weighted by Gasteiger charge is 2.46. The Morgan fingerprint density at radius 3 is 2.79 bits per heavy atom. The topological polar surface area (TPSA) is 119 Å². The number of ether oxygens (including phenoxy) is 2. The van der Waals surface area contributed by atoms with E-state index in [1.165, 1.54) is 18.3 Å². The number of aromatic nitrogens is 1. The summed E-state index contributed by atoms with van der Waals surface area (Å²) >= 11 is 0. The monoisotopic (exact) mass is 396 g/mol. The summed E-state index contributed by atoms with van der Waals surface area (Å²) in [5.74, 6) is -1.11. The van der Waals surface area contributed by atoms with Gasteiger partial charge in [0.1, 0.15) is 24.0 Å². The minimum Gasteiger partial charge on any atom is -0.409 e. The zero-order valence-corrected chi connectivity index (χ0v) is 14.2. The van der Waals surface area contributed by atoms with Crippen molar-refractivity contribution in [2.75, 3.05) is 18.5 Å². The number of rotatable bonds is 4. The van der Waals surface area contributed by atoms with Gasteiger partial charge in [0.05, 0.1) is 6.61 Å². The molecule has 0 fully saturated rings. The largest absolute Gasteiger partial charge is 0.417 e. The van der Waals surface area contributed by atoms with Crippen LogP contribution in [0.25, 0.3) is 0 Å². The van der Waals surface area contributed by atoms with Crippen LogP contribution >= 0.6 is 0 Å². The SMILES string of the molecule is NC1=N[C@@](c2cc(NC(=O)Oc3ccc(=O)[nH]c3)ccc2F)(C(F)F)COC1. The van der Waals surface area contributed by atoms with Gasteiger partial charge in [-0.15, -0.1) is 0 Å². The fraction of sp³-hybridized carbons (Fsp3) is 0.235. The number of aliphatic imine (C=N–C) groups is 1. The first-order chi connectivity index (χ1) is 13.3. The van der Waals surface area contributed by atoms with Crippen molar-refractivity contribution in [1.82, 2.24) is 4.98 Å². The number of halogens is 3. The molecule has 28 heavy (non-hydrogen) atoms. The molecule has 8 nitrogen and oxygen atoms in total. The van der Waals surface area contributed by atoms with Crippen LogP contribution in [0.15, 0.2) is 46.3 Å². The van der Waals surface area contributed by atoms with Crippen LogP contribution in [0, 0.1) is 5.82 Å². The number of anilines is 1. The fourth-order valence-electron chi connectivity index (χ4n) is 2.64. The summed E-state index contributed by atoms with van der Waals surface area (Å²) in [5, 5.41) is 2.29. The van der Waals surface area contributed by atoms with E-state index >= 15 is 0 Å². The van der Waals surface area contributed by atoms with Gasteiger partial charge in [0.15, 0.2) is 5.54 Å². The Labute approximate surface area is 156 Å². The molecule has 1 aliphatic heterocycles. The van der Waals surface area contributed by atoms with E-state index in [4.69, 9.17) is 15.2 Å². The summed E-state index contributed by atoms with van der Waals surface area (Å²) < 4.78 is 51.9. The van der Waals surface area contributed by atoms with Gasteiger partial charge in [-0.3, -0.25) is 15.1 Å². The van der Waals surface area contributed by atoms with E-state index in [9.17, 15) is 22.8 Å². The van der Waals surface area contributed by atoms with Crippen molar-refractivity contribution in [1.29, 1.82) is 0 Å². The van der Waals surface area contributed by atoms with Crippen LogP contribution in [0.4, 0.5) is 23.7 Å². The van der Waals surface area contributed by atoms with Crippen molar-refractivity contribution in [3.05, 3.63) is 58.3 Å². The predicted molar refractivity (Wildman–Crippen MR) is 93.2 cm³/mol. The second-order valence-electron chi connectivity index (χ2n) is 5.92. The quantitative estimate of drug-likeness (QED) is 0.730. The number of pyridine rings is 1. The molecular formula is C17H15F3N4O4. The van der Waals surface area contributed by atoms with Crippen LogP contribution < -0.4 is 21.3 Å². The Morgan fingerprint density at radius 1 is 1.36 bits per heavy atom. The zero-order valence-electron chi connectivity index (χ0n) is 14.2. The Kier molecular flexibility index (Phi) is 5.36. The molecule has 1 amide bonds. The molecule has 0 radical (unpaired) electrons. The van der Waals surface area contributed by atoms with Crippen molar-refractivity contribution in [3.63, 3.8) is 0 Å². The maximum absolute atomic E-state index is 14.3. The van der Waals surface area contributed by atoms with Gasteiger partial charge in [-0.25, -0.2) is 18.0 Å². The van der Waals surface area contributed by atoms with Gasteiger partial charge in [0.25, 0.3) is 6.43 Å². The van der Waals surface area contributed by atoms with E-state index in [0.717, 1.165) is 18.2 Å². The Morgan fingerprint density at radius 2 is 2.14 bits per heavy atom. The molecule has 1 atom stereocenters. The number of nitrogens with two attached hydrogens (primary N) is 1. The first kappa shape index (κ1) is 19.4. The van der Waals surface area contributed by atoms with E-state index in [-0.39, 0.29) is 29.4 Å². The number of nitrogens with one attached hydrogen (secondary N) is 2. The summed E-state index contributed by atoms with van der Waals surface area (Å²) in [5.41, 5.74) is 2.30. The summed E-state index contributed by atoms with van der Waals surface area (Å²) in [6, 6.07) is 5.51. The van der Waals surface area contributed by atoms with Crippen LogP contribution in [-0.4, -0.2) is 36.6 Å². The molecule has 1 aromatic carbocycles. The summed E-state index contributed by atoms with van der Waals surface area (Å²) in [7, 11) is 0. The standard InChI is InChI=1S/C17H15F3N4O4/c18-12-3-1-9(23-16(26)28-10-2-4-14(25)22-6-10)5-11(12)17(15(19)20)8-27-7-13(21)24-17/h1-6,15H,7-8H2,(H2,21,24)(H,22,25)(H,23,26)/t17-/m0/s1. The van der Waals surface area contributed by atoms with E-state index in [2.05, 4.69) is 15.3 Å². The van der Waals surface area contributed by atoms with Crippen molar-refractivity contribution in [2.45, 2.75) is 12.0 Å². The first-order valence-corrected chi connectivity index (χ1v) is 7.98. The smallest absolute Gasteiger partial charge is 0.409 e. The molecule has 2 aromatic rings. The van der Waals surface area contributed by atoms with Crippen molar-refractivity contribution in [2.24, 2.45) is 10.7 Å². The van der Waals surface area contributed by atoms with E-state index < -0.39 is 36.0 Å². The number of alkyl halides is 2. The fourth-order valence-corrected chi connectivity index (χ4v) is 2.64. The number of hydrogen-bond donors (Lipinski definition) is 3. The number of carbonyl (C=O) groups excluding carboxylic acids is 1. The van der Waals surface area contributed by atoms with Gasteiger partial charge < -0.3 is 20.2 Å². The summed E-state index contributed by atoms with van der Waals surface area (Å²) in [6.45, 7) is -0.715. The number of aromatic amines is 1. The molecule has 0 saturated heterocycles. The molecule has 0 bridgehead atoms. The lowest BCUT2D eigenvalue weighted by Crippen LogP contribution is -2.45. The highest BCUT2D eigenvalue weighted by molar-refractivity contribution is 5.86. The summed E-state index contributed by atoms with van der Waals surface area (Å²) in [6.07, 6.45) is -2.91. The van der Waals surface area contributed by atoms with Crippen molar-refractivity contribution in [3.8, 4) is 5.75 Å². The number of H-pyrrole nitrogens is 1. The minimum absolute atomic E-state index is 0.00908. The second-order valence-corrected chi connectivity index (χ2v) is 5.92. The third kappa shape index (κ3) is 3.98. The molecular weight excluding hydrogens is 381 g/mol. The Hall–Kier alpha value is -3.34. The average molecular weight is 396 g/mol. The minimum atomic E-state index is -3.11. The maximum Gasteiger partial charge on any atom is 0.417 e. The number of amides is 1. The normalized spacial score (nSPS) is 19.2. The highest BCUT2D eigenvalue weighted by Crippen LogP contribution is 2.37. The molecule has 148 valence electrons. The van der Waals surface area contributed by atoms with Gasteiger partial charge >= 0.3 is 6.09 Å². The molecule has 0 unspecified atom stereocenters. The number of carbonyl (C=O) groups is 1. The van der Waals surface area contributed by atoms with E-state index in [1.807, 2.05) is 0 Å². The lowest BCUT2D eigenvalue weighted by Gasteiger charge is -2.33. The highest BCUT2D eigenvalue weighted by atomic mass is 19.3. The molecule has 4 N–H and O–H groups in total. The molecule has 2 heterocycles. The maximum atomic E-state index is 14.3. The number of amidine groups is 1. The Bertz CT molecular complexity index is 959. The van der Waals surface area contributed by atoms with Gasteiger partial charge in [-0.05, 0) is 24.3 Å². The summed E-state index contributed by atoms with van der Waals surface area (Å²) in [4.78, 5) is 29.0. The van der Waals surface area contributed by atoms with E-state index in [1.54, 1.807) is 0 Å². The number of benzene rings is 1.